The number of quaternary nitrogens is 1. The Balaban J connectivity index is 1.70. The minimum Gasteiger partial charge on any atom is -0.490 e. The Morgan fingerprint density at radius 1 is 1.32 bits per heavy atom. The molecule has 1 fully saturated rings. The molecule has 2 aromatic rings. The van der Waals surface area contributed by atoms with Crippen molar-refractivity contribution in [3.05, 3.63) is 48.0 Å². The number of hydrogen-bond acceptors (Lipinski definition) is 6. The van der Waals surface area contributed by atoms with Gasteiger partial charge in [-0.2, -0.15) is 0 Å². The number of nitrogens with one attached hydrogen (secondary N) is 2. The third kappa shape index (κ3) is 3.77. The van der Waals surface area contributed by atoms with E-state index in [1.807, 2.05) is 24.4 Å². The second-order valence-electron chi connectivity index (χ2n) is 7.87. The Morgan fingerprint density at radius 3 is 3.00 bits per heavy atom. The number of morpholine rings is 1. The molecule has 28 heavy (non-hydrogen) atoms. The maximum absolute atomic E-state index is 12.6. The molecule has 0 amide bonds. The number of hydrogen-bond donors (Lipinski definition) is 2. The van der Waals surface area contributed by atoms with Crippen LogP contribution in [0.25, 0.3) is 5.52 Å². The Hall–Kier alpha value is -3.13. The number of ketones is 1. The Bertz CT molecular complexity index is 1010. The van der Waals surface area contributed by atoms with Gasteiger partial charge in [-0.05, 0) is 12.1 Å². The molecule has 8 nitrogen and oxygen atoms in total. The molecule has 2 N–H and O–H groups in total. The average Bonchev–Trinajstić information content (AvgIpc) is 2.99. The van der Waals surface area contributed by atoms with Crippen LogP contribution in [-0.4, -0.2) is 73.0 Å². The number of anilines is 1. The lowest BCUT2D eigenvalue weighted by atomic mass is 10.1. The molecule has 0 unspecified atom stereocenters. The zero-order valence-corrected chi connectivity index (χ0v) is 16.4. The molecule has 0 saturated carbocycles. The van der Waals surface area contributed by atoms with Crippen LogP contribution in [0.2, 0.25) is 0 Å². The number of allylic oxidation sites excluding steroid dienone is 2. The number of pyridine rings is 1. The summed E-state index contributed by atoms with van der Waals surface area (Å²) in [5.74, 6) is 1.17. The van der Waals surface area contributed by atoms with Gasteiger partial charge in [0.25, 0.3) is 0 Å². The summed E-state index contributed by atoms with van der Waals surface area (Å²) in [5.41, 5.74) is 2.56. The fourth-order valence-corrected chi connectivity index (χ4v) is 3.09. The van der Waals surface area contributed by atoms with Crippen molar-refractivity contribution in [2.45, 2.75) is 0 Å². The van der Waals surface area contributed by atoms with Gasteiger partial charge in [-0.25, -0.2) is 9.51 Å². The molecule has 1 aliphatic heterocycles. The standard InChI is InChI=1S/C20H24N6O2/c1-26(2,3)10-7-22-20-19(16-6-4-5-9-25(16)24-20)23-14-13-18-15(12-17(14)27)21-8-11-28-18/h4-6,9,12-13H,7-8,10-11H2,1-3H3,(H-,21,22,24,27)/p+1. The van der Waals surface area contributed by atoms with E-state index >= 15 is 0 Å². The van der Waals surface area contributed by atoms with Gasteiger partial charge in [0, 0.05) is 24.9 Å². The first-order chi connectivity index (χ1) is 13.4. The smallest absolute Gasteiger partial charge is 0.206 e. The van der Waals surface area contributed by atoms with Crippen molar-refractivity contribution in [1.82, 2.24) is 14.9 Å². The second-order valence-corrected chi connectivity index (χ2v) is 7.87. The van der Waals surface area contributed by atoms with Crippen LogP contribution in [0.15, 0.2) is 53.0 Å². The van der Waals surface area contributed by atoms with Crippen LogP contribution in [0.3, 0.4) is 0 Å². The number of carbonyl (C=O) groups is 1. The van der Waals surface area contributed by atoms with Crippen LogP contribution >= 0.6 is 0 Å². The molecule has 0 atom stereocenters. The molecule has 2 aromatic heterocycles. The number of likely N-dealkylation sites (N-methyl/N-ethyl adjacent to an activating group) is 1. The Kier molecular flexibility index (Phi) is 4.64. The van der Waals surface area contributed by atoms with Crippen LogP contribution in [0, 0.1) is 0 Å². The highest BCUT2D eigenvalue weighted by Crippen LogP contribution is 2.31. The van der Waals surface area contributed by atoms with Gasteiger partial charge in [0.05, 0.1) is 45.4 Å². The van der Waals surface area contributed by atoms with E-state index in [0.29, 0.717) is 36.1 Å². The first-order valence-electron chi connectivity index (χ1n) is 9.36. The number of aliphatic imine (C=N–C) groups is 1. The third-order valence-electron chi connectivity index (χ3n) is 4.56. The predicted octanol–water partition coefficient (Wildman–Crippen LogP) is 1.50. The maximum atomic E-state index is 12.6. The normalized spacial score (nSPS) is 18.2. The largest absolute Gasteiger partial charge is 0.490 e. The van der Waals surface area contributed by atoms with Gasteiger partial charge in [0.15, 0.2) is 5.82 Å². The van der Waals surface area contributed by atoms with E-state index in [1.54, 1.807) is 16.7 Å². The highest BCUT2D eigenvalue weighted by atomic mass is 16.5. The van der Waals surface area contributed by atoms with E-state index in [2.05, 4.69) is 41.9 Å². The monoisotopic (exact) mass is 381 g/mol. The lowest BCUT2D eigenvalue weighted by Gasteiger charge is -2.24. The molecule has 0 spiro atoms. The van der Waals surface area contributed by atoms with Crippen molar-refractivity contribution in [2.75, 3.05) is 52.7 Å². The van der Waals surface area contributed by atoms with Gasteiger partial charge >= 0.3 is 0 Å². The minimum absolute atomic E-state index is 0.149. The van der Waals surface area contributed by atoms with E-state index in [0.717, 1.165) is 28.8 Å². The topological polar surface area (TPSA) is 80.0 Å². The molecule has 146 valence electrons. The van der Waals surface area contributed by atoms with E-state index in [9.17, 15) is 4.79 Å². The second kappa shape index (κ2) is 7.12. The summed E-state index contributed by atoms with van der Waals surface area (Å²) in [7, 11) is 6.42. The van der Waals surface area contributed by atoms with Gasteiger partial charge < -0.3 is 19.9 Å². The van der Waals surface area contributed by atoms with Crippen LogP contribution in [-0.2, 0) is 9.53 Å². The molecule has 8 heteroatoms. The van der Waals surface area contributed by atoms with E-state index in [-0.39, 0.29) is 5.78 Å². The molecule has 0 radical (unpaired) electrons. The SMILES string of the molecule is C[N+](C)(C)CCNc1nn2ccccc2c1N=C1C=C2OCCNC2=CC1=O. The van der Waals surface area contributed by atoms with Crippen molar-refractivity contribution in [2.24, 2.45) is 4.99 Å². The lowest BCUT2D eigenvalue weighted by Crippen LogP contribution is -2.38. The van der Waals surface area contributed by atoms with Crippen LogP contribution in [0.4, 0.5) is 11.5 Å². The third-order valence-corrected chi connectivity index (χ3v) is 4.56. The number of aromatic nitrogens is 2. The van der Waals surface area contributed by atoms with Gasteiger partial charge in [0.2, 0.25) is 5.78 Å². The first kappa shape index (κ1) is 18.2. The van der Waals surface area contributed by atoms with Crippen molar-refractivity contribution in [3.8, 4) is 0 Å². The quantitative estimate of drug-likeness (QED) is 0.606. The molecule has 1 saturated heterocycles. The number of carbonyl (C=O) groups excluding carboxylic acids is 1. The summed E-state index contributed by atoms with van der Waals surface area (Å²) in [5, 5.41) is 11.2. The van der Waals surface area contributed by atoms with Gasteiger partial charge in [-0.3, -0.25) is 4.79 Å². The number of ether oxygens (including phenoxy) is 1. The van der Waals surface area contributed by atoms with E-state index in [1.165, 1.54) is 0 Å². The summed E-state index contributed by atoms with van der Waals surface area (Å²) in [6.45, 7) is 2.94. The van der Waals surface area contributed by atoms with Gasteiger partial charge in [-0.1, -0.05) is 6.07 Å². The average molecular weight is 381 g/mol. The molecule has 2 aliphatic rings. The zero-order valence-electron chi connectivity index (χ0n) is 16.4. The zero-order chi connectivity index (χ0) is 19.7. The molecule has 4 rings (SSSR count). The summed E-state index contributed by atoms with van der Waals surface area (Å²) < 4.78 is 8.27. The van der Waals surface area contributed by atoms with Crippen LogP contribution in [0.5, 0.6) is 0 Å². The Labute approximate surface area is 163 Å². The number of nitrogens with zero attached hydrogens (tertiary/aromatic N) is 4. The van der Waals surface area contributed by atoms with E-state index in [4.69, 9.17) is 4.74 Å². The highest BCUT2D eigenvalue weighted by molar-refractivity contribution is 6.49. The number of fused-ring (bicyclic) bond motifs is 2. The first-order valence-corrected chi connectivity index (χ1v) is 9.36. The van der Waals surface area contributed by atoms with Gasteiger partial charge in [-0.15, -0.1) is 5.10 Å². The molecular weight excluding hydrogens is 356 g/mol. The Morgan fingerprint density at radius 2 is 2.18 bits per heavy atom. The summed E-state index contributed by atoms with van der Waals surface area (Å²) in [4.78, 5) is 17.3. The fraction of sp³-hybridized carbons (Fsp3) is 0.350. The van der Waals surface area contributed by atoms with Gasteiger partial charge in [0.1, 0.15) is 23.8 Å². The molecule has 0 aromatic carbocycles. The molecule has 0 bridgehead atoms. The lowest BCUT2D eigenvalue weighted by molar-refractivity contribution is -0.868. The van der Waals surface area contributed by atoms with Crippen molar-refractivity contribution >= 4 is 28.5 Å². The molecular formula is C20H25N6O2+. The summed E-state index contributed by atoms with van der Waals surface area (Å²) in [6, 6.07) is 5.79. The number of rotatable bonds is 5. The summed E-state index contributed by atoms with van der Waals surface area (Å²) in [6.07, 6.45) is 5.12. The predicted molar refractivity (Wildman–Crippen MR) is 109 cm³/mol. The van der Waals surface area contributed by atoms with Crippen LogP contribution in [0.1, 0.15) is 0 Å². The van der Waals surface area contributed by atoms with Crippen molar-refractivity contribution in [3.63, 3.8) is 0 Å². The highest BCUT2D eigenvalue weighted by Gasteiger charge is 2.23. The van der Waals surface area contributed by atoms with Crippen molar-refractivity contribution < 1.29 is 14.0 Å². The van der Waals surface area contributed by atoms with Crippen LogP contribution < -0.4 is 10.6 Å². The minimum atomic E-state index is -0.149. The summed E-state index contributed by atoms with van der Waals surface area (Å²) >= 11 is 0. The van der Waals surface area contributed by atoms with E-state index < -0.39 is 0 Å². The molecule has 1 aliphatic carbocycles. The fourth-order valence-electron chi connectivity index (χ4n) is 3.09. The maximum Gasteiger partial charge on any atom is 0.206 e. The molecule has 3 heterocycles. The van der Waals surface area contributed by atoms with Crippen molar-refractivity contribution in [1.29, 1.82) is 0 Å².